The van der Waals surface area contributed by atoms with Crippen LogP contribution in [0.1, 0.15) is 11.1 Å². The van der Waals surface area contributed by atoms with Gasteiger partial charge in [-0.2, -0.15) is 0 Å². The highest BCUT2D eigenvalue weighted by molar-refractivity contribution is 5.90. The fourth-order valence-corrected chi connectivity index (χ4v) is 1.90. The van der Waals surface area contributed by atoms with E-state index in [-0.39, 0.29) is 5.97 Å². The molecule has 0 spiro atoms. The van der Waals surface area contributed by atoms with Crippen molar-refractivity contribution in [3.05, 3.63) is 47.5 Å². The molecule has 2 aromatic carbocycles. The molecule has 0 atom stereocenters. The third kappa shape index (κ3) is 1.91. The van der Waals surface area contributed by atoms with Gasteiger partial charge in [0, 0.05) is 0 Å². The molecule has 0 aliphatic rings. The van der Waals surface area contributed by atoms with Crippen LogP contribution < -0.4 is 0 Å². The molecular formula is C14H14O2. The van der Waals surface area contributed by atoms with Crippen LogP contribution in [0.25, 0.3) is 10.8 Å². The fraction of sp³-hybridized carbons (Fsp3) is 0.214. The summed E-state index contributed by atoms with van der Waals surface area (Å²) in [5.74, 6) is -0.195. The van der Waals surface area contributed by atoms with Crippen LogP contribution in [0.4, 0.5) is 0 Å². The number of rotatable bonds is 2. The Hall–Kier alpha value is -1.83. The van der Waals surface area contributed by atoms with Crippen molar-refractivity contribution in [1.82, 2.24) is 0 Å². The van der Waals surface area contributed by atoms with E-state index >= 15 is 0 Å². The maximum Gasteiger partial charge on any atom is 0.310 e. The largest absolute Gasteiger partial charge is 0.469 e. The summed E-state index contributed by atoms with van der Waals surface area (Å²) < 4.78 is 4.72. The lowest BCUT2D eigenvalue weighted by atomic mass is 9.97. The van der Waals surface area contributed by atoms with E-state index in [0.29, 0.717) is 6.42 Å². The molecule has 0 aromatic heterocycles. The lowest BCUT2D eigenvalue weighted by Gasteiger charge is -2.09. The lowest BCUT2D eigenvalue weighted by Crippen LogP contribution is -2.06. The number of ether oxygens (including phenoxy) is 1. The highest BCUT2D eigenvalue weighted by Crippen LogP contribution is 2.22. The summed E-state index contributed by atoms with van der Waals surface area (Å²) in [7, 11) is 1.42. The van der Waals surface area contributed by atoms with E-state index in [9.17, 15) is 4.79 Å². The smallest absolute Gasteiger partial charge is 0.310 e. The molecule has 0 fully saturated rings. The van der Waals surface area contributed by atoms with Crippen LogP contribution in [-0.2, 0) is 16.0 Å². The summed E-state index contributed by atoms with van der Waals surface area (Å²) in [6.07, 6.45) is 0.337. The van der Waals surface area contributed by atoms with Gasteiger partial charge in [-0.3, -0.25) is 4.79 Å². The SMILES string of the molecule is COC(=O)Cc1c(C)ccc2ccccc12. The minimum absolute atomic E-state index is 0.195. The molecule has 0 saturated carbocycles. The van der Waals surface area contributed by atoms with Crippen LogP contribution >= 0.6 is 0 Å². The first-order chi connectivity index (χ1) is 7.72. The Bertz CT molecular complexity index is 529. The van der Waals surface area contributed by atoms with Crippen LogP contribution in [0.2, 0.25) is 0 Å². The Morgan fingerprint density at radius 3 is 2.69 bits per heavy atom. The number of hydrogen-bond donors (Lipinski definition) is 0. The van der Waals surface area contributed by atoms with Crippen molar-refractivity contribution in [3.63, 3.8) is 0 Å². The van der Waals surface area contributed by atoms with Crippen LogP contribution in [0, 0.1) is 6.92 Å². The molecule has 0 aliphatic carbocycles. The van der Waals surface area contributed by atoms with Gasteiger partial charge in [0.05, 0.1) is 13.5 Å². The van der Waals surface area contributed by atoms with E-state index in [1.54, 1.807) is 0 Å². The van der Waals surface area contributed by atoms with E-state index in [0.717, 1.165) is 21.9 Å². The standard InChI is InChI=1S/C14H14O2/c1-10-7-8-11-5-3-4-6-12(11)13(10)9-14(15)16-2/h3-8H,9H2,1-2H3. The molecule has 0 heterocycles. The normalized spacial score (nSPS) is 10.4. The summed E-state index contributed by atoms with van der Waals surface area (Å²) in [5, 5.41) is 2.29. The molecule has 0 bridgehead atoms. The average Bonchev–Trinajstić information content (AvgIpc) is 2.32. The monoisotopic (exact) mass is 214 g/mol. The van der Waals surface area contributed by atoms with Crippen molar-refractivity contribution < 1.29 is 9.53 Å². The predicted molar refractivity (Wildman–Crippen MR) is 64.4 cm³/mol. The summed E-state index contributed by atoms with van der Waals surface area (Å²) in [5.41, 5.74) is 2.19. The van der Waals surface area contributed by atoms with Gasteiger partial charge in [-0.15, -0.1) is 0 Å². The molecule has 0 N–H and O–H groups in total. The van der Waals surface area contributed by atoms with E-state index in [2.05, 4.69) is 12.1 Å². The Balaban J connectivity index is 2.57. The number of carbonyl (C=O) groups excluding carboxylic acids is 1. The number of carbonyl (C=O) groups is 1. The van der Waals surface area contributed by atoms with Gasteiger partial charge in [0.2, 0.25) is 0 Å². The van der Waals surface area contributed by atoms with Crippen molar-refractivity contribution in [3.8, 4) is 0 Å². The van der Waals surface area contributed by atoms with Gasteiger partial charge in [-0.1, -0.05) is 36.4 Å². The molecule has 0 amide bonds. The maximum atomic E-state index is 11.4. The van der Waals surface area contributed by atoms with Crippen molar-refractivity contribution in [2.45, 2.75) is 13.3 Å². The quantitative estimate of drug-likeness (QED) is 0.718. The van der Waals surface area contributed by atoms with Crippen LogP contribution in [0.3, 0.4) is 0 Å². The summed E-state index contributed by atoms with van der Waals surface area (Å²) in [6, 6.07) is 12.2. The Kier molecular flexibility index (Phi) is 2.91. The molecule has 0 radical (unpaired) electrons. The van der Waals surface area contributed by atoms with Gasteiger partial charge in [-0.05, 0) is 28.8 Å². The molecule has 2 aromatic rings. The third-order valence-electron chi connectivity index (χ3n) is 2.82. The average molecular weight is 214 g/mol. The first kappa shape index (κ1) is 10.7. The highest BCUT2D eigenvalue weighted by atomic mass is 16.5. The van der Waals surface area contributed by atoms with Gasteiger partial charge in [0.15, 0.2) is 0 Å². The first-order valence-corrected chi connectivity index (χ1v) is 5.26. The van der Waals surface area contributed by atoms with Crippen LogP contribution in [0.5, 0.6) is 0 Å². The highest BCUT2D eigenvalue weighted by Gasteiger charge is 2.09. The fourth-order valence-electron chi connectivity index (χ4n) is 1.90. The summed E-state index contributed by atoms with van der Waals surface area (Å²) >= 11 is 0. The lowest BCUT2D eigenvalue weighted by molar-refractivity contribution is -0.139. The second-order valence-electron chi connectivity index (χ2n) is 3.84. The van der Waals surface area contributed by atoms with Crippen molar-refractivity contribution >= 4 is 16.7 Å². The van der Waals surface area contributed by atoms with Crippen molar-refractivity contribution in [1.29, 1.82) is 0 Å². The molecule has 0 unspecified atom stereocenters. The van der Waals surface area contributed by atoms with Gasteiger partial charge in [0.25, 0.3) is 0 Å². The minimum atomic E-state index is -0.195. The molecule has 2 rings (SSSR count). The van der Waals surface area contributed by atoms with E-state index in [4.69, 9.17) is 4.74 Å². The second-order valence-corrected chi connectivity index (χ2v) is 3.84. The van der Waals surface area contributed by atoms with E-state index in [1.165, 1.54) is 7.11 Å². The molecule has 0 saturated heterocycles. The zero-order valence-corrected chi connectivity index (χ0v) is 9.49. The number of benzene rings is 2. The zero-order valence-electron chi connectivity index (χ0n) is 9.49. The molecule has 2 nitrogen and oxygen atoms in total. The minimum Gasteiger partial charge on any atom is -0.469 e. The Morgan fingerprint density at radius 1 is 1.19 bits per heavy atom. The molecular weight excluding hydrogens is 200 g/mol. The van der Waals surface area contributed by atoms with Crippen LogP contribution in [0.15, 0.2) is 36.4 Å². The van der Waals surface area contributed by atoms with Crippen molar-refractivity contribution in [2.75, 3.05) is 7.11 Å². The van der Waals surface area contributed by atoms with Gasteiger partial charge >= 0.3 is 5.97 Å². The molecule has 2 heteroatoms. The zero-order chi connectivity index (χ0) is 11.5. The molecule has 0 aliphatic heterocycles. The summed E-state index contributed by atoms with van der Waals surface area (Å²) in [4.78, 5) is 11.4. The van der Waals surface area contributed by atoms with Crippen molar-refractivity contribution in [2.24, 2.45) is 0 Å². The second kappa shape index (κ2) is 4.35. The number of methoxy groups -OCH3 is 1. The summed E-state index contributed by atoms with van der Waals surface area (Å²) in [6.45, 7) is 2.02. The Morgan fingerprint density at radius 2 is 1.94 bits per heavy atom. The van der Waals surface area contributed by atoms with Gasteiger partial charge in [-0.25, -0.2) is 0 Å². The number of aryl methyl sites for hydroxylation is 1. The predicted octanol–water partition coefficient (Wildman–Crippen LogP) is 2.86. The van der Waals surface area contributed by atoms with E-state index < -0.39 is 0 Å². The first-order valence-electron chi connectivity index (χ1n) is 5.26. The van der Waals surface area contributed by atoms with Gasteiger partial charge in [0.1, 0.15) is 0 Å². The van der Waals surface area contributed by atoms with Crippen LogP contribution in [-0.4, -0.2) is 13.1 Å². The number of fused-ring (bicyclic) bond motifs is 1. The topological polar surface area (TPSA) is 26.3 Å². The number of hydrogen-bond acceptors (Lipinski definition) is 2. The third-order valence-corrected chi connectivity index (χ3v) is 2.82. The Labute approximate surface area is 94.8 Å². The maximum absolute atomic E-state index is 11.4. The van der Waals surface area contributed by atoms with Gasteiger partial charge < -0.3 is 4.74 Å². The number of esters is 1. The molecule has 82 valence electrons. The molecule has 16 heavy (non-hydrogen) atoms. The van der Waals surface area contributed by atoms with E-state index in [1.807, 2.05) is 31.2 Å².